The largest absolute Gasteiger partial charge is 0.453 e. The van der Waals surface area contributed by atoms with Crippen LogP contribution in [0.1, 0.15) is 49.4 Å². The third-order valence-electron chi connectivity index (χ3n) is 7.07. The zero-order valence-corrected chi connectivity index (χ0v) is 21.5. The highest BCUT2D eigenvalue weighted by atomic mass is 19.1. The first kappa shape index (κ1) is 24.8. The normalized spacial score (nSPS) is 18.8. The molecule has 0 N–H and O–H groups in total. The molecule has 0 aromatic heterocycles. The van der Waals surface area contributed by atoms with E-state index in [1.54, 1.807) is 48.8 Å². The third-order valence-corrected chi connectivity index (χ3v) is 7.07. The van der Waals surface area contributed by atoms with Crippen LogP contribution in [-0.2, 0) is 9.47 Å². The summed E-state index contributed by atoms with van der Waals surface area (Å²) in [6.07, 6.45) is -1.03. The Balaban J connectivity index is 1.63. The Morgan fingerprint density at radius 1 is 0.865 bits per heavy atom. The standard InChI is InChI=1S/C30H31FN2O4/c1-30(2,3)37-28(34)32-17-24(21-13-9-10-16-25(21)31)26(18-32)33(29(35)36-4)27-22-14-7-5-11-19(22)20-12-6-8-15-23(20)27/h5-16,24,26-27H,17-18H2,1-4H3/t24-,26?/m1/s1. The molecule has 1 aliphatic heterocycles. The maximum Gasteiger partial charge on any atom is 0.410 e. The Labute approximate surface area is 216 Å². The maximum absolute atomic E-state index is 15.1. The van der Waals surface area contributed by atoms with Crippen LogP contribution in [0.2, 0.25) is 0 Å². The van der Waals surface area contributed by atoms with E-state index in [9.17, 15) is 9.59 Å². The van der Waals surface area contributed by atoms with Gasteiger partial charge >= 0.3 is 12.2 Å². The van der Waals surface area contributed by atoms with Crippen LogP contribution < -0.4 is 0 Å². The number of methoxy groups -OCH3 is 1. The average Bonchev–Trinajstić information content (AvgIpc) is 3.44. The fourth-order valence-corrected chi connectivity index (χ4v) is 5.59. The lowest BCUT2D eigenvalue weighted by atomic mass is 9.90. The third kappa shape index (κ3) is 4.54. The second-order valence-electron chi connectivity index (χ2n) is 10.5. The molecule has 3 aromatic rings. The Bertz CT molecular complexity index is 1290. The van der Waals surface area contributed by atoms with E-state index >= 15 is 4.39 Å². The zero-order chi connectivity index (χ0) is 26.3. The molecule has 3 aromatic carbocycles. The highest BCUT2D eigenvalue weighted by Gasteiger charge is 2.48. The fourth-order valence-electron chi connectivity index (χ4n) is 5.59. The number of likely N-dealkylation sites (tertiary alicyclic amines) is 1. The molecule has 0 bridgehead atoms. The molecule has 37 heavy (non-hydrogen) atoms. The van der Waals surface area contributed by atoms with Gasteiger partial charge in [-0.05, 0) is 54.7 Å². The van der Waals surface area contributed by atoms with Crippen molar-refractivity contribution >= 4 is 12.2 Å². The van der Waals surface area contributed by atoms with E-state index in [1.165, 1.54) is 13.2 Å². The highest BCUT2D eigenvalue weighted by Crippen LogP contribution is 2.49. The van der Waals surface area contributed by atoms with Gasteiger partial charge in [0.2, 0.25) is 0 Å². The summed E-state index contributed by atoms with van der Waals surface area (Å²) in [6, 6.07) is 21.5. The summed E-state index contributed by atoms with van der Waals surface area (Å²) in [5, 5.41) is 0. The van der Waals surface area contributed by atoms with Crippen molar-refractivity contribution in [2.24, 2.45) is 0 Å². The molecule has 5 rings (SSSR count). The van der Waals surface area contributed by atoms with E-state index < -0.39 is 35.8 Å². The molecule has 1 saturated heterocycles. The van der Waals surface area contributed by atoms with Crippen molar-refractivity contribution in [2.45, 2.75) is 44.4 Å². The second kappa shape index (κ2) is 9.54. The highest BCUT2D eigenvalue weighted by molar-refractivity contribution is 5.81. The number of hydrogen-bond acceptors (Lipinski definition) is 4. The SMILES string of the molecule is COC(=O)N(C1c2ccccc2-c2ccccc21)C1CN(C(=O)OC(C)(C)C)C[C@@H]1c1ccccc1F. The van der Waals surface area contributed by atoms with Gasteiger partial charge in [-0.3, -0.25) is 4.90 Å². The monoisotopic (exact) mass is 502 g/mol. The summed E-state index contributed by atoms with van der Waals surface area (Å²) < 4.78 is 26.1. The number of benzene rings is 3. The van der Waals surface area contributed by atoms with Crippen molar-refractivity contribution in [3.63, 3.8) is 0 Å². The van der Waals surface area contributed by atoms with Gasteiger partial charge in [0.15, 0.2) is 0 Å². The van der Waals surface area contributed by atoms with Gasteiger partial charge in [0.1, 0.15) is 11.4 Å². The van der Waals surface area contributed by atoms with E-state index in [2.05, 4.69) is 0 Å². The van der Waals surface area contributed by atoms with Gasteiger partial charge in [0.25, 0.3) is 0 Å². The first-order valence-electron chi connectivity index (χ1n) is 12.5. The molecule has 0 saturated carbocycles. The van der Waals surface area contributed by atoms with Crippen LogP contribution in [-0.4, -0.2) is 53.8 Å². The molecule has 2 aliphatic rings. The molecule has 0 spiro atoms. The number of halogens is 1. The molecule has 1 fully saturated rings. The number of hydrogen-bond donors (Lipinski definition) is 0. The molecule has 7 heteroatoms. The summed E-state index contributed by atoms with van der Waals surface area (Å²) in [6.45, 7) is 5.81. The first-order valence-corrected chi connectivity index (χ1v) is 12.5. The summed E-state index contributed by atoms with van der Waals surface area (Å²) in [7, 11) is 1.35. The molecule has 1 unspecified atom stereocenters. The van der Waals surface area contributed by atoms with Gasteiger partial charge in [-0.15, -0.1) is 0 Å². The van der Waals surface area contributed by atoms with Crippen LogP contribution in [0, 0.1) is 5.82 Å². The quantitative estimate of drug-likeness (QED) is 0.418. The Morgan fingerprint density at radius 2 is 1.41 bits per heavy atom. The van der Waals surface area contributed by atoms with Crippen LogP contribution in [0.3, 0.4) is 0 Å². The van der Waals surface area contributed by atoms with Crippen molar-refractivity contribution in [1.82, 2.24) is 9.80 Å². The number of rotatable bonds is 3. The van der Waals surface area contributed by atoms with Crippen LogP contribution in [0.4, 0.5) is 14.0 Å². The number of carbonyl (C=O) groups is 2. The van der Waals surface area contributed by atoms with E-state index in [-0.39, 0.29) is 18.9 Å². The number of carbonyl (C=O) groups excluding carboxylic acids is 2. The number of fused-ring (bicyclic) bond motifs is 3. The maximum atomic E-state index is 15.1. The topological polar surface area (TPSA) is 59.1 Å². The van der Waals surface area contributed by atoms with Crippen molar-refractivity contribution in [2.75, 3.05) is 20.2 Å². The molecule has 1 aliphatic carbocycles. The van der Waals surface area contributed by atoms with Crippen molar-refractivity contribution in [1.29, 1.82) is 0 Å². The summed E-state index contributed by atoms with van der Waals surface area (Å²) in [5.41, 5.74) is 3.79. The molecule has 1 heterocycles. The lowest BCUT2D eigenvalue weighted by Crippen LogP contribution is -2.47. The minimum atomic E-state index is -0.686. The minimum absolute atomic E-state index is 0.184. The second-order valence-corrected chi connectivity index (χ2v) is 10.5. The molecule has 2 amide bonds. The predicted octanol–water partition coefficient (Wildman–Crippen LogP) is 6.37. The van der Waals surface area contributed by atoms with Crippen LogP contribution >= 0.6 is 0 Å². The smallest absolute Gasteiger partial charge is 0.410 e. The van der Waals surface area contributed by atoms with E-state index in [0.29, 0.717) is 5.56 Å². The first-order chi connectivity index (χ1) is 17.7. The number of amides is 2. The number of nitrogens with zero attached hydrogens (tertiary/aromatic N) is 2. The van der Waals surface area contributed by atoms with Crippen molar-refractivity contribution in [3.05, 3.63) is 95.3 Å². The van der Waals surface area contributed by atoms with Gasteiger partial charge in [0.05, 0.1) is 19.2 Å². The number of ether oxygens (including phenoxy) is 2. The van der Waals surface area contributed by atoms with Crippen LogP contribution in [0.15, 0.2) is 72.8 Å². The molecular weight excluding hydrogens is 471 g/mol. The van der Waals surface area contributed by atoms with Gasteiger partial charge in [-0.25, -0.2) is 14.0 Å². The van der Waals surface area contributed by atoms with Gasteiger partial charge < -0.3 is 14.4 Å². The Hall–Kier alpha value is -3.87. The zero-order valence-electron chi connectivity index (χ0n) is 21.5. The lowest BCUT2D eigenvalue weighted by molar-refractivity contribution is 0.0271. The average molecular weight is 503 g/mol. The Morgan fingerprint density at radius 3 is 1.95 bits per heavy atom. The Kier molecular flexibility index (Phi) is 6.40. The van der Waals surface area contributed by atoms with E-state index in [4.69, 9.17) is 9.47 Å². The van der Waals surface area contributed by atoms with Gasteiger partial charge in [-0.2, -0.15) is 0 Å². The van der Waals surface area contributed by atoms with Gasteiger partial charge in [-0.1, -0.05) is 66.7 Å². The van der Waals surface area contributed by atoms with E-state index in [0.717, 1.165) is 22.3 Å². The lowest BCUT2D eigenvalue weighted by Gasteiger charge is -2.37. The van der Waals surface area contributed by atoms with E-state index in [1.807, 2.05) is 48.5 Å². The van der Waals surface area contributed by atoms with Crippen molar-refractivity contribution < 1.29 is 23.5 Å². The predicted molar refractivity (Wildman–Crippen MR) is 139 cm³/mol. The molecular formula is C30H31FN2O4. The molecule has 0 radical (unpaired) electrons. The summed E-state index contributed by atoms with van der Waals surface area (Å²) in [4.78, 5) is 29.9. The molecule has 192 valence electrons. The van der Waals surface area contributed by atoms with Crippen LogP contribution in [0.25, 0.3) is 11.1 Å². The summed E-state index contributed by atoms with van der Waals surface area (Å²) >= 11 is 0. The summed E-state index contributed by atoms with van der Waals surface area (Å²) in [5.74, 6) is -0.853. The van der Waals surface area contributed by atoms with Gasteiger partial charge in [0, 0.05) is 19.0 Å². The molecule has 2 atom stereocenters. The fraction of sp³-hybridized carbons (Fsp3) is 0.333. The van der Waals surface area contributed by atoms with Crippen molar-refractivity contribution in [3.8, 4) is 11.1 Å². The van der Waals surface area contributed by atoms with Crippen LogP contribution in [0.5, 0.6) is 0 Å². The minimum Gasteiger partial charge on any atom is -0.453 e. The molecule has 6 nitrogen and oxygen atoms in total.